The second-order valence-electron chi connectivity index (χ2n) is 8.08. The number of hydrogen-bond donors (Lipinski definition) is 1. The summed E-state index contributed by atoms with van der Waals surface area (Å²) in [6.07, 6.45) is 1.69. The minimum Gasteiger partial charge on any atom is -0.465 e. The average molecular weight is 478 g/mol. The highest BCUT2D eigenvalue weighted by molar-refractivity contribution is 7.14. The summed E-state index contributed by atoms with van der Waals surface area (Å²) in [5, 5.41) is 19.6. The molecule has 0 bridgehead atoms. The number of rotatable bonds is 7. The van der Waals surface area contributed by atoms with Gasteiger partial charge in [0.1, 0.15) is 27.1 Å². The number of aromatic nitrogens is 3. The fraction of sp³-hybridized carbons (Fsp3) is 0.200. The van der Waals surface area contributed by atoms with E-state index in [-0.39, 0.29) is 12.1 Å². The van der Waals surface area contributed by atoms with Crippen LogP contribution in [-0.2, 0) is 16.9 Å². The van der Waals surface area contributed by atoms with Gasteiger partial charge in [0.05, 0.1) is 19.2 Å². The monoisotopic (exact) mass is 477 g/mol. The van der Waals surface area contributed by atoms with Crippen molar-refractivity contribution in [2.24, 2.45) is 0 Å². The van der Waals surface area contributed by atoms with Crippen LogP contribution in [-0.4, -0.2) is 33.0 Å². The van der Waals surface area contributed by atoms with Crippen molar-refractivity contribution in [3.63, 3.8) is 0 Å². The lowest BCUT2D eigenvalue weighted by Crippen LogP contribution is -2.18. The lowest BCUT2D eigenvalue weighted by atomic mass is 10.1. The zero-order chi connectivity index (χ0) is 24.3. The van der Waals surface area contributed by atoms with Crippen molar-refractivity contribution in [2.75, 3.05) is 7.11 Å². The number of nitrogens with zero attached hydrogens (tertiary/aromatic N) is 3. The van der Waals surface area contributed by atoms with Crippen molar-refractivity contribution in [1.29, 1.82) is 0 Å². The Labute approximate surface area is 200 Å². The van der Waals surface area contributed by atoms with Crippen LogP contribution in [0.3, 0.4) is 0 Å². The summed E-state index contributed by atoms with van der Waals surface area (Å²) < 4.78 is 12.5. The summed E-state index contributed by atoms with van der Waals surface area (Å²) in [5.41, 5.74) is 0.702. The third kappa shape index (κ3) is 5.22. The second-order valence-corrected chi connectivity index (χ2v) is 9.06. The molecular formula is C25H23N3O5S. The van der Waals surface area contributed by atoms with E-state index in [0.717, 1.165) is 11.1 Å². The third-order valence-corrected chi connectivity index (χ3v) is 6.29. The summed E-state index contributed by atoms with van der Waals surface area (Å²) in [4.78, 5) is 24.2. The highest BCUT2D eigenvalue weighted by Crippen LogP contribution is 2.32. The van der Waals surface area contributed by atoms with Gasteiger partial charge < -0.3 is 19.1 Å². The Kier molecular flexibility index (Phi) is 6.58. The standard InChI is InChI=1S/C25H23N3O5S/c1-25(2,31)24-27-26-22(34-24)16-9-11-19(12-10-16)33-20-14-17(23(30)32-3)7-8-18(20)15-28-13-5-4-6-21(28)29/h4-14,31H,15H2,1-3H3. The van der Waals surface area contributed by atoms with Gasteiger partial charge in [-0.05, 0) is 56.3 Å². The van der Waals surface area contributed by atoms with Gasteiger partial charge in [-0.15, -0.1) is 10.2 Å². The summed E-state index contributed by atoms with van der Waals surface area (Å²) in [6, 6.07) is 17.2. The Hall–Kier alpha value is -3.82. The summed E-state index contributed by atoms with van der Waals surface area (Å²) in [7, 11) is 1.32. The van der Waals surface area contributed by atoms with Crippen LogP contribution in [0.2, 0.25) is 0 Å². The molecule has 34 heavy (non-hydrogen) atoms. The van der Waals surface area contributed by atoms with Gasteiger partial charge in [-0.2, -0.15) is 0 Å². The van der Waals surface area contributed by atoms with E-state index < -0.39 is 11.6 Å². The molecule has 1 N–H and O–H groups in total. The van der Waals surface area contributed by atoms with Crippen molar-refractivity contribution in [3.05, 3.63) is 93.3 Å². The van der Waals surface area contributed by atoms with Gasteiger partial charge in [0, 0.05) is 23.4 Å². The highest BCUT2D eigenvalue weighted by Gasteiger charge is 2.22. The molecule has 0 atom stereocenters. The van der Waals surface area contributed by atoms with E-state index in [9.17, 15) is 14.7 Å². The van der Waals surface area contributed by atoms with Gasteiger partial charge in [0.15, 0.2) is 0 Å². The summed E-state index contributed by atoms with van der Waals surface area (Å²) >= 11 is 1.32. The molecule has 0 aliphatic carbocycles. The zero-order valence-corrected chi connectivity index (χ0v) is 19.7. The van der Waals surface area contributed by atoms with Gasteiger partial charge in [0.2, 0.25) is 0 Å². The maximum Gasteiger partial charge on any atom is 0.337 e. The zero-order valence-electron chi connectivity index (χ0n) is 18.9. The fourth-order valence-corrected chi connectivity index (χ4v) is 4.03. The van der Waals surface area contributed by atoms with Gasteiger partial charge in [-0.25, -0.2) is 4.79 Å². The maximum atomic E-state index is 12.2. The van der Waals surface area contributed by atoms with Crippen molar-refractivity contribution in [3.8, 4) is 22.1 Å². The number of pyridine rings is 1. The minimum absolute atomic E-state index is 0.141. The van der Waals surface area contributed by atoms with Crippen molar-refractivity contribution < 1.29 is 19.4 Å². The predicted octanol–water partition coefficient (Wildman–Crippen LogP) is 4.22. The van der Waals surface area contributed by atoms with Crippen molar-refractivity contribution in [1.82, 2.24) is 14.8 Å². The molecule has 0 aliphatic rings. The van der Waals surface area contributed by atoms with E-state index in [1.807, 2.05) is 12.1 Å². The molecule has 0 radical (unpaired) electrons. The Balaban J connectivity index is 1.62. The summed E-state index contributed by atoms with van der Waals surface area (Å²) in [5.74, 6) is 0.494. The SMILES string of the molecule is COC(=O)c1ccc(Cn2ccccc2=O)c(Oc2ccc(-c3nnc(C(C)(C)O)s3)cc2)c1. The first-order chi connectivity index (χ1) is 16.2. The molecule has 4 aromatic rings. The molecule has 0 saturated heterocycles. The molecular weight excluding hydrogens is 454 g/mol. The number of benzene rings is 2. The van der Waals surface area contributed by atoms with Gasteiger partial charge in [-0.3, -0.25) is 4.79 Å². The van der Waals surface area contributed by atoms with Crippen molar-refractivity contribution in [2.45, 2.75) is 26.0 Å². The Morgan fingerprint density at radius 1 is 1.09 bits per heavy atom. The van der Waals surface area contributed by atoms with Gasteiger partial charge >= 0.3 is 5.97 Å². The van der Waals surface area contributed by atoms with Gasteiger partial charge in [0.25, 0.3) is 5.56 Å². The first kappa shape index (κ1) is 23.3. The molecule has 9 heteroatoms. The quantitative estimate of drug-likeness (QED) is 0.398. The molecule has 2 aromatic carbocycles. The first-order valence-electron chi connectivity index (χ1n) is 10.5. The molecule has 0 aliphatic heterocycles. The molecule has 0 fully saturated rings. The van der Waals surface area contributed by atoms with Crippen LogP contribution in [0.4, 0.5) is 0 Å². The molecule has 0 saturated carbocycles. The van der Waals surface area contributed by atoms with E-state index in [2.05, 4.69) is 10.2 Å². The predicted molar refractivity (Wildman–Crippen MR) is 128 cm³/mol. The molecule has 8 nitrogen and oxygen atoms in total. The molecule has 0 spiro atoms. The fourth-order valence-electron chi connectivity index (χ4n) is 3.18. The Morgan fingerprint density at radius 2 is 1.85 bits per heavy atom. The maximum absolute atomic E-state index is 12.2. The topological polar surface area (TPSA) is 104 Å². The number of methoxy groups -OCH3 is 1. The number of ether oxygens (including phenoxy) is 2. The summed E-state index contributed by atoms with van der Waals surface area (Å²) in [6.45, 7) is 3.61. The second kappa shape index (κ2) is 9.58. The van der Waals surface area contributed by atoms with E-state index in [1.54, 1.807) is 67.1 Å². The largest absolute Gasteiger partial charge is 0.465 e. The van der Waals surface area contributed by atoms with E-state index in [0.29, 0.717) is 27.1 Å². The van der Waals surface area contributed by atoms with Crippen molar-refractivity contribution >= 4 is 17.3 Å². The molecule has 2 heterocycles. The first-order valence-corrected chi connectivity index (χ1v) is 11.3. The number of hydrogen-bond acceptors (Lipinski definition) is 8. The molecule has 4 rings (SSSR count). The lowest BCUT2D eigenvalue weighted by molar-refractivity contribution is 0.0600. The van der Waals surface area contributed by atoms with E-state index in [1.165, 1.54) is 24.5 Å². The normalized spacial score (nSPS) is 11.3. The van der Waals surface area contributed by atoms with E-state index >= 15 is 0 Å². The third-order valence-electron chi connectivity index (χ3n) is 5.01. The molecule has 174 valence electrons. The van der Waals surface area contributed by atoms with Gasteiger partial charge in [-0.1, -0.05) is 23.5 Å². The Morgan fingerprint density at radius 3 is 2.50 bits per heavy atom. The van der Waals surface area contributed by atoms with Crippen LogP contribution >= 0.6 is 11.3 Å². The number of carbonyl (C=O) groups is 1. The highest BCUT2D eigenvalue weighted by atomic mass is 32.1. The van der Waals surface area contributed by atoms with Crippen LogP contribution in [0.25, 0.3) is 10.6 Å². The van der Waals surface area contributed by atoms with Crippen LogP contribution < -0.4 is 10.3 Å². The Bertz CT molecular complexity index is 1370. The smallest absolute Gasteiger partial charge is 0.337 e. The van der Waals surface area contributed by atoms with Crippen LogP contribution in [0.15, 0.2) is 71.7 Å². The molecule has 2 aromatic heterocycles. The minimum atomic E-state index is -1.05. The molecule has 0 amide bonds. The van der Waals surface area contributed by atoms with Crippen LogP contribution in [0.1, 0.15) is 34.8 Å². The lowest BCUT2D eigenvalue weighted by Gasteiger charge is -2.14. The number of aliphatic hydroxyl groups is 1. The number of carbonyl (C=O) groups excluding carboxylic acids is 1. The van der Waals surface area contributed by atoms with E-state index in [4.69, 9.17) is 9.47 Å². The van der Waals surface area contributed by atoms with Crippen LogP contribution in [0, 0.1) is 0 Å². The molecule has 0 unspecified atom stereocenters. The van der Waals surface area contributed by atoms with Crippen LogP contribution in [0.5, 0.6) is 11.5 Å². The average Bonchev–Trinajstić information content (AvgIpc) is 3.33. The number of esters is 1.